The number of aromatic nitrogens is 2. The number of carboxylic acid groups (broad SMARTS) is 1. The van der Waals surface area contributed by atoms with Crippen LogP contribution in [0.1, 0.15) is 12.7 Å². The Bertz CT molecular complexity index is 298. The average molecular weight is 200 g/mol. The molecule has 0 spiro atoms. The van der Waals surface area contributed by atoms with Crippen LogP contribution in [0.5, 0.6) is 0 Å². The van der Waals surface area contributed by atoms with Gasteiger partial charge < -0.3 is 9.67 Å². The normalized spacial score (nSPS) is 12.8. The number of thioether (sulfide) groups is 1. The monoisotopic (exact) mass is 200 g/mol. The number of imidazole rings is 1. The summed E-state index contributed by atoms with van der Waals surface area (Å²) >= 11 is 1.37. The van der Waals surface area contributed by atoms with Crippen LogP contribution < -0.4 is 0 Å². The molecule has 0 bridgehead atoms. The topological polar surface area (TPSA) is 55.1 Å². The molecule has 13 heavy (non-hydrogen) atoms. The lowest BCUT2D eigenvalue weighted by Gasteiger charge is -2.05. The van der Waals surface area contributed by atoms with Gasteiger partial charge >= 0.3 is 5.97 Å². The molecule has 0 amide bonds. The van der Waals surface area contributed by atoms with Gasteiger partial charge in [0.2, 0.25) is 0 Å². The molecule has 0 aliphatic carbocycles. The highest BCUT2D eigenvalue weighted by molar-refractivity contribution is 7.99. The molecule has 1 atom stereocenters. The molecule has 0 saturated heterocycles. The third kappa shape index (κ3) is 2.77. The van der Waals surface area contributed by atoms with Crippen LogP contribution in [0.25, 0.3) is 0 Å². The van der Waals surface area contributed by atoms with Crippen molar-refractivity contribution >= 4 is 17.7 Å². The fourth-order valence-corrected chi connectivity index (χ4v) is 1.63. The van der Waals surface area contributed by atoms with E-state index in [1.165, 1.54) is 11.8 Å². The number of nitrogens with zero attached hydrogens (tertiary/aromatic N) is 2. The van der Waals surface area contributed by atoms with Crippen molar-refractivity contribution in [3.8, 4) is 0 Å². The maximum Gasteiger partial charge on any atom is 0.316 e. The molecule has 1 N–H and O–H groups in total. The first-order valence-corrected chi connectivity index (χ1v) is 4.96. The van der Waals surface area contributed by atoms with Gasteiger partial charge in [0, 0.05) is 19.4 Å². The molecule has 72 valence electrons. The van der Waals surface area contributed by atoms with Gasteiger partial charge in [-0.15, -0.1) is 11.8 Å². The number of aryl methyl sites for hydroxylation is 1. The summed E-state index contributed by atoms with van der Waals surface area (Å²) in [7, 11) is 1.90. The van der Waals surface area contributed by atoms with Crippen molar-refractivity contribution in [2.75, 3.05) is 0 Å². The molecule has 1 aromatic heterocycles. The Hall–Kier alpha value is -0.970. The zero-order chi connectivity index (χ0) is 9.84. The molecule has 4 nitrogen and oxygen atoms in total. The second-order valence-corrected chi connectivity index (χ2v) is 4.07. The second-order valence-electron chi connectivity index (χ2n) is 2.75. The van der Waals surface area contributed by atoms with Gasteiger partial charge in [0.1, 0.15) is 5.82 Å². The van der Waals surface area contributed by atoms with E-state index in [0.717, 1.165) is 5.82 Å². The van der Waals surface area contributed by atoms with E-state index in [0.29, 0.717) is 5.75 Å². The standard InChI is InChI=1S/C8H12N2O2S/c1-6(8(11)12)13-5-7-9-3-4-10(7)2/h3-4,6H,5H2,1-2H3,(H,11,12). The largest absolute Gasteiger partial charge is 0.480 e. The number of hydrogen-bond donors (Lipinski definition) is 1. The van der Waals surface area contributed by atoms with E-state index in [4.69, 9.17) is 5.11 Å². The van der Waals surface area contributed by atoms with Gasteiger partial charge in [-0.3, -0.25) is 4.79 Å². The smallest absolute Gasteiger partial charge is 0.316 e. The molecular weight excluding hydrogens is 188 g/mol. The first kappa shape index (κ1) is 10.1. The summed E-state index contributed by atoms with van der Waals surface area (Å²) in [6.07, 6.45) is 3.56. The van der Waals surface area contributed by atoms with E-state index in [1.54, 1.807) is 13.1 Å². The molecule has 5 heteroatoms. The number of hydrogen-bond acceptors (Lipinski definition) is 3. The van der Waals surface area contributed by atoms with Crippen LogP contribution in [0.4, 0.5) is 0 Å². The van der Waals surface area contributed by atoms with Gasteiger partial charge in [0.15, 0.2) is 0 Å². The first-order chi connectivity index (χ1) is 6.11. The van der Waals surface area contributed by atoms with E-state index >= 15 is 0 Å². The van der Waals surface area contributed by atoms with Crippen molar-refractivity contribution < 1.29 is 9.90 Å². The summed E-state index contributed by atoms with van der Waals surface area (Å²) in [5.74, 6) is 0.758. The minimum Gasteiger partial charge on any atom is -0.480 e. The zero-order valence-corrected chi connectivity index (χ0v) is 8.41. The Kier molecular flexibility index (Phi) is 3.36. The number of rotatable bonds is 4. The maximum absolute atomic E-state index is 10.5. The molecule has 0 fully saturated rings. The van der Waals surface area contributed by atoms with Gasteiger partial charge in [-0.1, -0.05) is 0 Å². The third-order valence-electron chi connectivity index (χ3n) is 1.73. The maximum atomic E-state index is 10.5. The minimum absolute atomic E-state index is 0.378. The first-order valence-electron chi connectivity index (χ1n) is 3.92. The van der Waals surface area contributed by atoms with Gasteiger partial charge in [0.05, 0.1) is 11.0 Å². The molecule has 1 unspecified atom stereocenters. The molecule has 0 aliphatic heterocycles. The highest BCUT2D eigenvalue weighted by Gasteiger charge is 2.12. The van der Waals surface area contributed by atoms with E-state index in [1.807, 2.05) is 17.8 Å². The van der Waals surface area contributed by atoms with E-state index in [2.05, 4.69) is 4.98 Å². The van der Waals surface area contributed by atoms with Gasteiger partial charge in [-0.25, -0.2) is 4.98 Å². The predicted molar refractivity (Wildman–Crippen MR) is 51.6 cm³/mol. The van der Waals surface area contributed by atoms with Crippen molar-refractivity contribution in [2.45, 2.75) is 17.9 Å². The van der Waals surface area contributed by atoms with Crippen LogP contribution >= 0.6 is 11.8 Å². The van der Waals surface area contributed by atoms with Crippen LogP contribution in [0.3, 0.4) is 0 Å². The average Bonchev–Trinajstić information content (AvgIpc) is 2.47. The van der Waals surface area contributed by atoms with Crippen molar-refractivity contribution in [1.29, 1.82) is 0 Å². The van der Waals surface area contributed by atoms with E-state index < -0.39 is 5.97 Å². The Morgan fingerprint density at radius 2 is 2.54 bits per heavy atom. The molecule has 1 rings (SSSR count). The fourth-order valence-electron chi connectivity index (χ4n) is 0.806. The summed E-state index contributed by atoms with van der Waals surface area (Å²) in [6, 6.07) is 0. The van der Waals surface area contributed by atoms with Gasteiger partial charge in [0.25, 0.3) is 0 Å². The zero-order valence-electron chi connectivity index (χ0n) is 7.60. The third-order valence-corrected chi connectivity index (χ3v) is 2.86. The molecule has 0 saturated carbocycles. The summed E-state index contributed by atoms with van der Waals surface area (Å²) < 4.78 is 1.89. The Morgan fingerprint density at radius 1 is 1.85 bits per heavy atom. The number of carbonyl (C=O) groups is 1. The lowest BCUT2D eigenvalue weighted by molar-refractivity contribution is -0.136. The number of aliphatic carboxylic acids is 1. The van der Waals surface area contributed by atoms with E-state index in [9.17, 15) is 4.79 Å². The van der Waals surface area contributed by atoms with Gasteiger partial charge in [-0.2, -0.15) is 0 Å². The molecule has 0 aromatic carbocycles. The Balaban J connectivity index is 2.44. The number of carboxylic acids is 1. The summed E-state index contributed by atoms with van der Waals surface area (Å²) in [6.45, 7) is 1.68. The predicted octanol–water partition coefficient (Wildman–Crippen LogP) is 1.13. The van der Waals surface area contributed by atoms with Gasteiger partial charge in [-0.05, 0) is 6.92 Å². The van der Waals surface area contributed by atoms with Crippen molar-refractivity contribution in [1.82, 2.24) is 9.55 Å². The Morgan fingerprint density at radius 3 is 3.00 bits per heavy atom. The highest BCUT2D eigenvalue weighted by Crippen LogP contribution is 2.15. The van der Waals surface area contributed by atoms with Crippen LogP contribution in [0, 0.1) is 0 Å². The molecule has 1 aromatic rings. The lowest BCUT2D eigenvalue weighted by atomic mass is 10.5. The highest BCUT2D eigenvalue weighted by atomic mass is 32.2. The van der Waals surface area contributed by atoms with Crippen LogP contribution in [-0.4, -0.2) is 25.9 Å². The van der Waals surface area contributed by atoms with Crippen LogP contribution in [0.2, 0.25) is 0 Å². The lowest BCUT2D eigenvalue weighted by Crippen LogP contribution is -2.12. The molecule has 0 aliphatic rings. The van der Waals surface area contributed by atoms with Crippen LogP contribution in [-0.2, 0) is 17.6 Å². The van der Waals surface area contributed by atoms with Crippen LogP contribution in [0.15, 0.2) is 12.4 Å². The summed E-state index contributed by atoms with van der Waals surface area (Å²) in [4.78, 5) is 14.6. The summed E-state index contributed by atoms with van der Waals surface area (Å²) in [5.41, 5.74) is 0. The molecule has 1 heterocycles. The fraction of sp³-hybridized carbons (Fsp3) is 0.500. The quantitative estimate of drug-likeness (QED) is 0.791. The Labute approximate surface area is 81.0 Å². The van der Waals surface area contributed by atoms with Crippen molar-refractivity contribution in [2.24, 2.45) is 7.05 Å². The second kappa shape index (κ2) is 4.32. The SMILES string of the molecule is CC(SCc1nccn1C)C(=O)O. The minimum atomic E-state index is -0.779. The molecule has 0 radical (unpaired) electrons. The molecular formula is C8H12N2O2S. The van der Waals surface area contributed by atoms with Crippen molar-refractivity contribution in [3.05, 3.63) is 18.2 Å². The van der Waals surface area contributed by atoms with E-state index in [-0.39, 0.29) is 5.25 Å². The summed E-state index contributed by atoms with van der Waals surface area (Å²) in [5, 5.41) is 8.25. The van der Waals surface area contributed by atoms with Crippen molar-refractivity contribution in [3.63, 3.8) is 0 Å².